The lowest BCUT2D eigenvalue weighted by atomic mass is 10.2. The number of carbonyl (C=O) groups is 1. The lowest BCUT2D eigenvalue weighted by molar-refractivity contribution is 0.0955. The zero-order chi connectivity index (χ0) is 22.2. The Labute approximate surface area is 193 Å². The van der Waals surface area contributed by atoms with E-state index in [9.17, 15) is 4.79 Å². The fraction of sp³-hybridized carbons (Fsp3) is 0.130. The second-order valence-corrected chi connectivity index (χ2v) is 7.60. The minimum Gasteiger partial charge on any atom is -0.497 e. The number of carbonyl (C=O) groups excluding carboxylic acids is 1. The Morgan fingerprint density at radius 2 is 1.84 bits per heavy atom. The van der Waals surface area contributed by atoms with E-state index >= 15 is 0 Å². The monoisotopic (exact) mass is 502 g/mol. The normalized spacial score (nSPS) is 10.7. The molecule has 160 valence electrons. The Balaban J connectivity index is 1.68. The number of methoxy groups -OCH3 is 2. The lowest BCUT2D eigenvalue weighted by Gasteiger charge is -2.14. The average Bonchev–Trinajstić information content (AvgIpc) is 2.79. The van der Waals surface area contributed by atoms with E-state index < -0.39 is 0 Å². The first-order chi connectivity index (χ1) is 15.0. The molecule has 31 heavy (non-hydrogen) atoms. The molecule has 8 heteroatoms. The Kier molecular flexibility index (Phi) is 7.92. The number of nitrogens with one attached hydrogen (secondary N) is 1. The molecule has 1 N–H and O–H groups in total. The Hall–Kier alpha value is -3.03. The molecule has 0 saturated carbocycles. The van der Waals surface area contributed by atoms with Crippen LogP contribution in [0.5, 0.6) is 17.2 Å². The zero-order valence-electron chi connectivity index (χ0n) is 16.9. The maximum Gasteiger partial charge on any atom is 0.271 e. The van der Waals surface area contributed by atoms with Gasteiger partial charge in [-0.05, 0) is 64.0 Å². The van der Waals surface area contributed by atoms with Crippen LogP contribution in [0.4, 0.5) is 0 Å². The molecule has 0 saturated heterocycles. The molecule has 3 aromatic carbocycles. The van der Waals surface area contributed by atoms with Crippen molar-refractivity contribution in [3.63, 3.8) is 0 Å². The van der Waals surface area contributed by atoms with Gasteiger partial charge < -0.3 is 14.2 Å². The number of ether oxygens (including phenoxy) is 3. The number of hydrogen-bond acceptors (Lipinski definition) is 5. The van der Waals surface area contributed by atoms with E-state index in [4.69, 9.17) is 25.8 Å². The van der Waals surface area contributed by atoms with E-state index in [0.29, 0.717) is 44.5 Å². The van der Waals surface area contributed by atoms with Crippen molar-refractivity contribution < 1.29 is 19.0 Å². The molecule has 0 bridgehead atoms. The molecule has 3 aromatic rings. The van der Waals surface area contributed by atoms with Crippen LogP contribution >= 0.6 is 27.5 Å². The molecule has 0 aromatic heterocycles. The van der Waals surface area contributed by atoms with Crippen LogP contribution in [0.2, 0.25) is 5.02 Å². The Morgan fingerprint density at radius 1 is 1.10 bits per heavy atom. The van der Waals surface area contributed by atoms with Gasteiger partial charge in [0.2, 0.25) is 0 Å². The summed E-state index contributed by atoms with van der Waals surface area (Å²) in [5.74, 6) is 1.41. The number of nitrogens with zero attached hydrogens (tertiary/aromatic N) is 1. The maximum atomic E-state index is 12.2. The number of amides is 1. The summed E-state index contributed by atoms with van der Waals surface area (Å²) in [7, 11) is 3.12. The first-order valence-corrected chi connectivity index (χ1v) is 10.4. The Bertz CT molecular complexity index is 1090. The van der Waals surface area contributed by atoms with Gasteiger partial charge in [-0.15, -0.1) is 0 Å². The third-order valence-electron chi connectivity index (χ3n) is 4.31. The van der Waals surface area contributed by atoms with Crippen LogP contribution in [0.3, 0.4) is 0 Å². The fourth-order valence-electron chi connectivity index (χ4n) is 2.69. The van der Waals surface area contributed by atoms with Gasteiger partial charge in [0.05, 0.1) is 24.9 Å². The molecule has 0 atom stereocenters. The second kappa shape index (κ2) is 10.8. The minimum absolute atomic E-state index is 0.292. The predicted octanol–water partition coefficient (Wildman–Crippen LogP) is 5.46. The summed E-state index contributed by atoms with van der Waals surface area (Å²) in [6.45, 7) is 0.292. The van der Waals surface area contributed by atoms with Crippen molar-refractivity contribution in [1.29, 1.82) is 0 Å². The van der Waals surface area contributed by atoms with Gasteiger partial charge in [0.25, 0.3) is 5.91 Å². The molecular weight excluding hydrogens is 484 g/mol. The summed E-state index contributed by atoms with van der Waals surface area (Å²) in [6, 6.07) is 17.8. The molecule has 0 spiro atoms. The molecule has 0 heterocycles. The second-order valence-electron chi connectivity index (χ2n) is 6.34. The summed E-state index contributed by atoms with van der Waals surface area (Å²) in [4.78, 5) is 12.2. The number of hydrogen-bond donors (Lipinski definition) is 1. The maximum absolute atomic E-state index is 12.2. The number of rotatable bonds is 8. The largest absolute Gasteiger partial charge is 0.497 e. The molecule has 6 nitrogen and oxygen atoms in total. The molecule has 0 radical (unpaired) electrons. The third-order valence-corrected chi connectivity index (χ3v) is 5.27. The van der Waals surface area contributed by atoms with Gasteiger partial charge in [-0.3, -0.25) is 4.79 Å². The number of benzene rings is 3. The van der Waals surface area contributed by atoms with Crippen LogP contribution < -0.4 is 19.6 Å². The van der Waals surface area contributed by atoms with Crippen molar-refractivity contribution in [2.75, 3.05) is 14.2 Å². The topological polar surface area (TPSA) is 69.2 Å². The number of halogens is 2. The SMILES string of the molecule is COc1ccc(C(=O)N/N=C/c2cc(Br)c(OCc3ccccc3Cl)c(OC)c2)cc1. The average molecular weight is 504 g/mol. The van der Waals surface area contributed by atoms with E-state index in [-0.39, 0.29) is 5.91 Å². The van der Waals surface area contributed by atoms with E-state index in [1.807, 2.05) is 30.3 Å². The molecule has 1 amide bonds. The van der Waals surface area contributed by atoms with Crippen molar-refractivity contribution in [2.45, 2.75) is 6.61 Å². The summed E-state index contributed by atoms with van der Waals surface area (Å²) in [5, 5.41) is 4.65. The molecule has 0 fully saturated rings. The molecule has 3 rings (SSSR count). The van der Waals surface area contributed by atoms with Crippen LogP contribution in [0.25, 0.3) is 0 Å². The lowest BCUT2D eigenvalue weighted by Crippen LogP contribution is -2.17. The van der Waals surface area contributed by atoms with E-state index in [1.54, 1.807) is 44.6 Å². The van der Waals surface area contributed by atoms with Gasteiger partial charge in [0, 0.05) is 16.1 Å². The fourth-order valence-corrected chi connectivity index (χ4v) is 3.46. The summed E-state index contributed by atoms with van der Waals surface area (Å²) in [5.41, 5.74) is 4.55. The van der Waals surface area contributed by atoms with Gasteiger partial charge in [0.1, 0.15) is 12.4 Å². The standard InChI is InChI=1S/C23H20BrClN2O4/c1-29-18-9-7-16(8-10-18)23(28)27-26-13-15-11-19(24)22(21(12-15)30-2)31-14-17-5-3-4-6-20(17)25/h3-13H,14H2,1-2H3,(H,27,28)/b26-13+. The summed E-state index contributed by atoms with van der Waals surface area (Å²) in [6.07, 6.45) is 1.52. The van der Waals surface area contributed by atoms with Crippen molar-refractivity contribution in [2.24, 2.45) is 5.10 Å². The quantitative estimate of drug-likeness (QED) is 0.327. The van der Waals surface area contributed by atoms with Crippen LogP contribution in [0.1, 0.15) is 21.5 Å². The highest BCUT2D eigenvalue weighted by atomic mass is 79.9. The summed E-state index contributed by atoms with van der Waals surface area (Å²) < 4.78 is 17.1. The van der Waals surface area contributed by atoms with Crippen molar-refractivity contribution in [1.82, 2.24) is 5.43 Å². The zero-order valence-corrected chi connectivity index (χ0v) is 19.2. The van der Waals surface area contributed by atoms with Crippen LogP contribution in [0, 0.1) is 0 Å². The molecular formula is C23H20BrClN2O4. The highest BCUT2D eigenvalue weighted by Crippen LogP contribution is 2.37. The minimum atomic E-state index is -0.329. The van der Waals surface area contributed by atoms with Gasteiger partial charge >= 0.3 is 0 Å². The van der Waals surface area contributed by atoms with Crippen LogP contribution in [-0.4, -0.2) is 26.3 Å². The highest BCUT2D eigenvalue weighted by Gasteiger charge is 2.12. The van der Waals surface area contributed by atoms with E-state index in [2.05, 4.69) is 26.5 Å². The van der Waals surface area contributed by atoms with Gasteiger partial charge in [-0.25, -0.2) is 5.43 Å². The van der Waals surface area contributed by atoms with Crippen LogP contribution in [0.15, 0.2) is 70.2 Å². The number of hydrazone groups is 1. The van der Waals surface area contributed by atoms with Crippen molar-refractivity contribution >= 4 is 39.7 Å². The molecule has 0 aliphatic rings. The third kappa shape index (κ3) is 5.99. The summed E-state index contributed by atoms with van der Waals surface area (Å²) >= 11 is 9.69. The molecule has 0 aliphatic carbocycles. The van der Waals surface area contributed by atoms with Crippen molar-refractivity contribution in [3.05, 3.63) is 86.8 Å². The van der Waals surface area contributed by atoms with Crippen molar-refractivity contribution in [3.8, 4) is 17.2 Å². The van der Waals surface area contributed by atoms with E-state index in [1.165, 1.54) is 6.21 Å². The smallest absolute Gasteiger partial charge is 0.271 e. The van der Waals surface area contributed by atoms with Gasteiger partial charge in [-0.2, -0.15) is 5.10 Å². The highest BCUT2D eigenvalue weighted by molar-refractivity contribution is 9.10. The molecule has 0 aliphatic heterocycles. The Morgan fingerprint density at radius 3 is 2.52 bits per heavy atom. The van der Waals surface area contributed by atoms with Gasteiger partial charge in [0.15, 0.2) is 11.5 Å². The molecule has 0 unspecified atom stereocenters. The first-order valence-electron chi connectivity index (χ1n) is 9.23. The first kappa shape index (κ1) is 22.7. The predicted molar refractivity (Wildman–Crippen MR) is 125 cm³/mol. The van der Waals surface area contributed by atoms with Crippen LogP contribution in [-0.2, 0) is 6.61 Å². The van der Waals surface area contributed by atoms with Gasteiger partial charge in [-0.1, -0.05) is 29.8 Å². The van der Waals surface area contributed by atoms with E-state index in [0.717, 1.165) is 5.56 Å².